The van der Waals surface area contributed by atoms with Gasteiger partial charge in [-0.2, -0.15) is 0 Å². The third-order valence-electron chi connectivity index (χ3n) is 3.84. The van der Waals surface area contributed by atoms with E-state index in [-0.39, 0.29) is 12.0 Å². The van der Waals surface area contributed by atoms with Crippen LogP contribution in [-0.2, 0) is 11.3 Å². The number of aliphatic hydroxyl groups excluding tert-OH is 1. The first-order valence-electron chi connectivity index (χ1n) is 7.90. The Kier molecular flexibility index (Phi) is 6.12. The summed E-state index contributed by atoms with van der Waals surface area (Å²) < 4.78 is 11.2. The van der Waals surface area contributed by atoms with Crippen LogP contribution in [0.1, 0.15) is 29.8 Å². The molecule has 0 saturated heterocycles. The fourth-order valence-electron chi connectivity index (χ4n) is 2.31. The average Bonchev–Trinajstić information content (AvgIpc) is 2.61. The Morgan fingerprint density at radius 2 is 1.75 bits per heavy atom. The Hall–Kier alpha value is -2.17. The molecule has 4 heteroatoms. The van der Waals surface area contributed by atoms with Crippen LogP contribution < -0.4 is 4.74 Å². The predicted molar refractivity (Wildman–Crippen MR) is 94.3 cm³/mol. The zero-order valence-electron chi connectivity index (χ0n) is 14.4. The highest BCUT2D eigenvalue weighted by Gasteiger charge is 2.17. The molecule has 0 aliphatic carbocycles. The zero-order chi connectivity index (χ0) is 17.6. The summed E-state index contributed by atoms with van der Waals surface area (Å²) in [5.41, 5.74) is 3.40. The van der Waals surface area contributed by atoms with E-state index in [0.717, 1.165) is 28.7 Å². The van der Waals surface area contributed by atoms with Gasteiger partial charge in [0, 0.05) is 16.5 Å². The highest BCUT2D eigenvalue weighted by Crippen LogP contribution is 2.28. The molecular formula is C20H24O4. The second-order valence-corrected chi connectivity index (χ2v) is 6.58. The molecule has 0 heterocycles. The zero-order valence-corrected chi connectivity index (χ0v) is 14.4. The fraction of sp³-hybridized carbons (Fsp3) is 0.350. The number of rotatable bonds is 8. The van der Waals surface area contributed by atoms with Crippen LogP contribution in [0.25, 0.3) is 11.1 Å². The minimum atomic E-state index is -0.268. The molecule has 128 valence electrons. The predicted octanol–water partition coefficient (Wildman–Crippen LogP) is 3.71. The number of hydrogen-bond acceptors (Lipinski definition) is 4. The second-order valence-electron chi connectivity index (χ2n) is 6.58. The number of benzene rings is 2. The summed E-state index contributed by atoms with van der Waals surface area (Å²) in [6.45, 7) is 4.86. The van der Waals surface area contributed by atoms with E-state index in [1.807, 2.05) is 44.2 Å². The van der Waals surface area contributed by atoms with Crippen molar-refractivity contribution in [1.82, 2.24) is 0 Å². The van der Waals surface area contributed by atoms with Crippen molar-refractivity contribution < 1.29 is 19.4 Å². The van der Waals surface area contributed by atoms with Crippen molar-refractivity contribution in [2.75, 3.05) is 20.3 Å². The largest absolute Gasteiger partial charge is 0.496 e. The summed E-state index contributed by atoms with van der Waals surface area (Å²) in [5.74, 6) is 0.769. The van der Waals surface area contributed by atoms with Crippen LogP contribution in [0.5, 0.6) is 5.75 Å². The number of aldehydes is 1. The number of ether oxygens (including phenoxy) is 2. The molecule has 1 N–H and O–H groups in total. The maximum atomic E-state index is 10.8. The Morgan fingerprint density at radius 1 is 1.08 bits per heavy atom. The molecule has 0 bridgehead atoms. The number of carbonyl (C=O) groups excluding carboxylic acids is 1. The van der Waals surface area contributed by atoms with Crippen LogP contribution in [0.4, 0.5) is 0 Å². The Labute approximate surface area is 143 Å². The molecule has 0 saturated carbocycles. The summed E-state index contributed by atoms with van der Waals surface area (Å²) in [6.07, 6.45) is 0.833. The van der Waals surface area contributed by atoms with Crippen molar-refractivity contribution in [2.45, 2.75) is 20.5 Å². The van der Waals surface area contributed by atoms with Crippen molar-refractivity contribution in [2.24, 2.45) is 5.41 Å². The molecule has 0 fully saturated rings. The van der Waals surface area contributed by atoms with E-state index in [0.29, 0.717) is 18.8 Å². The summed E-state index contributed by atoms with van der Waals surface area (Å²) in [4.78, 5) is 10.8. The molecule has 0 unspecified atom stereocenters. The van der Waals surface area contributed by atoms with Gasteiger partial charge in [-0.1, -0.05) is 44.2 Å². The number of aliphatic hydroxyl groups is 1. The Bertz CT molecular complexity index is 675. The van der Waals surface area contributed by atoms with E-state index in [9.17, 15) is 9.90 Å². The molecule has 4 nitrogen and oxygen atoms in total. The second kappa shape index (κ2) is 8.08. The lowest BCUT2D eigenvalue weighted by atomic mass is 9.96. The van der Waals surface area contributed by atoms with Crippen molar-refractivity contribution in [3.8, 4) is 16.9 Å². The van der Waals surface area contributed by atoms with Gasteiger partial charge >= 0.3 is 0 Å². The van der Waals surface area contributed by atoms with Crippen LogP contribution in [0.3, 0.4) is 0 Å². The molecule has 0 amide bonds. The molecule has 2 aromatic rings. The molecule has 0 aromatic heterocycles. The lowest BCUT2D eigenvalue weighted by Gasteiger charge is -2.21. The standard InChI is InChI=1S/C20H24O4/c1-20(2,13-22)14-24-12-18-10-17(8-9-19(18)23-3)16-6-4-15(11-21)5-7-16/h4-11,22H,12-14H2,1-3H3. The highest BCUT2D eigenvalue weighted by molar-refractivity contribution is 5.77. The van der Waals surface area contributed by atoms with Crippen molar-refractivity contribution in [3.63, 3.8) is 0 Å². The molecular weight excluding hydrogens is 304 g/mol. The van der Waals surface area contributed by atoms with E-state index in [1.54, 1.807) is 19.2 Å². The first-order valence-corrected chi connectivity index (χ1v) is 7.90. The van der Waals surface area contributed by atoms with Crippen LogP contribution >= 0.6 is 0 Å². The molecule has 0 aliphatic rings. The van der Waals surface area contributed by atoms with Crippen molar-refractivity contribution >= 4 is 6.29 Å². The monoisotopic (exact) mass is 328 g/mol. The summed E-state index contributed by atoms with van der Waals surface area (Å²) in [7, 11) is 1.63. The summed E-state index contributed by atoms with van der Waals surface area (Å²) >= 11 is 0. The summed E-state index contributed by atoms with van der Waals surface area (Å²) in [5, 5.41) is 9.30. The molecule has 0 spiro atoms. The SMILES string of the molecule is COc1ccc(-c2ccc(C=O)cc2)cc1COCC(C)(C)CO. The number of carbonyl (C=O) groups is 1. The van der Waals surface area contributed by atoms with Gasteiger partial charge in [0.1, 0.15) is 12.0 Å². The Morgan fingerprint density at radius 3 is 2.33 bits per heavy atom. The van der Waals surface area contributed by atoms with Gasteiger partial charge < -0.3 is 14.6 Å². The van der Waals surface area contributed by atoms with Crippen LogP contribution in [-0.4, -0.2) is 31.7 Å². The van der Waals surface area contributed by atoms with Gasteiger partial charge in [0.15, 0.2) is 0 Å². The van der Waals surface area contributed by atoms with Gasteiger partial charge in [-0.25, -0.2) is 0 Å². The van der Waals surface area contributed by atoms with E-state index in [2.05, 4.69) is 0 Å². The highest BCUT2D eigenvalue weighted by atomic mass is 16.5. The molecule has 2 aromatic carbocycles. The minimum absolute atomic E-state index is 0.0766. The van der Waals surface area contributed by atoms with Crippen LogP contribution in [0.15, 0.2) is 42.5 Å². The van der Waals surface area contributed by atoms with E-state index < -0.39 is 0 Å². The van der Waals surface area contributed by atoms with Crippen molar-refractivity contribution in [3.05, 3.63) is 53.6 Å². The quantitative estimate of drug-likeness (QED) is 0.751. The smallest absolute Gasteiger partial charge is 0.150 e. The first kappa shape index (κ1) is 18.2. The van der Waals surface area contributed by atoms with Gasteiger partial charge in [0.25, 0.3) is 0 Å². The maximum Gasteiger partial charge on any atom is 0.150 e. The normalized spacial score (nSPS) is 11.3. The lowest BCUT2D eigenvalue weighted by Crippen LogP contribution is -2.23. The number of methoxy groups -OCH3 is 1. The van der Waals surface area contributed by atoms with E-state index in [1.165, 1.54) is 0 Å². The third-order valence-corrected chi connectivity index (χ3v) is 3.84. The number of hydrogen-bond donors (Lipinski definition) is 1. The molecule has 24 heavy (non-hydrogen) atoms. The lowest BCUT2D eigenvalue weighted by molar-refractivity contribution is 0.0191. The fourth-order valence-corrected chi connectivity index (χ4v) is 2.31. The first-order chi connectivity index (χ1) is 11.5. The third kappa shape index (κ3) is 4.66. The van der Waals surface area contributed by atoms with Gasteiger partial charge in [-0.05, 0) is 23.3 Å². The average molecular weight is 328 g/mol. The summed E-state index contributed by atoms with van der Waals surface area (Å²) in [6, 6.07) is 13.4. The van der Waals surface area contributed by atoms with Gasteiger partial charge in [0.05, 0.1) is 26.9 Å². The molecule has 0 aliphatic heterocycles. The van der Waals surface area contributed by atoms with Crippen molar-refractivity contribution in [1.29, 1.82) is 0 Å². The van der Waals surface area contributed by atoms with Crippen LogP contribution in [0.2, 0.25) is 0 Å². The molecule has 0 atom stereocenters. The van der Waals surface area contributed by atoms with Gasteiger partial charge in [-0.3, -0.25) is 4.79 Å². The topological polar surface area (TPSA) is 55.8 Å². The maximum absolute atomic E-state index is 10.8. The van der Waals surface area contributed by atoms with Gasteiger partial charge in [-0.15, -0.1) is 0 Å². The molecule has 0 radical (unpaired) electrons. The van der Waals surface area contributed by atoms with Crippen LogP contribution in [0, 0.1) is 5.41 Å². The van der Waals surface area contributed by atoms with E-state index in [4.69, 9.17) is 9.47 Å². The van der Waals surface area contributed by atoms with E-state index >= 15 is 0 Å². The minimum Gasteiger partial charge on any atom is -0.496 e. The Balaban J connectivity index is 2.18. The molecule has 2 rings (SSSR count). The van der Waals surface area contributed by atoms with Gasteiger partial charge in [0.2, 0.25) is 0 Å².